The summed E-state index contributed by atoms with van der Waals surface area (Å²) in [5.41, 5.74) is 0. The van der Waals surface area contributed by atoms with Gasteiger partial charge in [0.1, 0.15) is 0 Å². The highest BCUT2D eigenvalue weighted by Crippen LogP contribution is 2.25. The first kappa shape index (κ1) is 16.4. The van der Waals surface area contributed by atoms with Crippen molar-refractivity contribution >= 4 is 27.3 Å². The number of amides is 1. The molecule has 0 radical (unpaired) electrons. The van der Waals surface area contributed by atoms with Gasteiger partial charge in [0.2, 0.25) is 10.0 Å². The van der Waals surface area contributed by atoms with Crippen LogP contribution in [0.4, 0.5) is 0 Å². The van der Waals surface area contributed by atoms with Gasteiger partial charge in [0.25, 0.3) is 5.91 Å². The van der Waals surface area contributed by atoms with Crippen LogP contribution in [0.2, 0.25) is 0 Å². The first-order valence-corrected chi connectivity index (χ1v) is 9.17. The SMILES string of the molecule is Cc1sc(C(=O)NC(C)C2CCOCC2)cc1S(N)(=O)=O. The predicted molar refractivity (Wildman–Crippen MR) is 80.9 cm³/mol. The molecule has 3 N–H and O–H groups in total. The van der Waals surface area contributed by atoms with Gasteiger partial charge in [-0.3, -0.25) is 4.79 Å². The third-order valence-electron chi connectivity index (χ3n) is 3.73. The molecule has 1 saturated heterocycles. The normalized spacial score (nSPS) is 18.4. The van der Waals surface area contributed by atoms with E-state index in [1.165, 1.54) is 6.07 Å². The second-order valence-corrected chi connectivity index (χ2v) is 8.07. The summed E-state index contributed by atoms with van der Waals surface area (Å²) in [5, 5.41) is 8.06. The van der Waals surface area contributed by atoms with E-state index in [0.717, 1.165) is 37.4 Å². The van der Waals surface area contributed by atoms with Crippen molar-refractivity contribution < 1.29 is 17.9 Å². The minimum Gasteiger partial charge on any atom is -0.381 e. The number of sulfonamides is 1. The monoisotopic (exact) mass is 332 g/mol. The lowest BCUT2D eigenvalue weighted by molar-refractivity contribution is 0.0539. The van der Waals surface area contributed by atoms with Crippen LogP contribution in [-0.2, 0) is 14.8 Å². The Hall–Kier alpha value is -0.960. The molecule has 1 fully saturated rings. The van der Waals surface area contributed by atoms with Crippen LogP contribution in [0.5, 0.6) is 0 Å². The average molecular weight is 332 g/mol. The first-order chi connectivity index (χ1) is 9.79. The van der Waals surface area contributed by atoms with Crippen molar-refractivity contribution in [2.45, 2.75) is 37.6 Å². The van der Waals surface area contributed by atoms with Gasteiger partial charge >= 0.3 is 0 Å². The summed E-state index contributed by atoms with van der Waals surface area (Å²) in [6, 6.07) is 1.38. The first-order valence-electron chi connectivity index (χ1n) is 6.81. The predicted octanol–water partition coefficient (Wildman–Crippen LogP) is 1.25. The molecule has 1 aromatic heterocycles. The number of nitrogens with one attached hydrogen (secondary N) is 1. The Morgan fingerprint density at radius 2 is 2.10 bits per heavy atom. The zero-order valence-corrected chi connectivity index (χ0v) is 13.7. The Kier molecular flexibility index (Phi) is 5.03. The summed E-state index contributed by atoms with van der Waals surface area (Å²) >= 11 is 1.14. The number of nitrogens with two attached hydrogens (primary N) is 1. The van der Waals surface area contributed by atoms with Gasteiger partial charge in [-0.2, -0.15) is 0 Å². The van der Waals surface area contributed by atoms with Crippen molar-refractivity contribution in [3.05, 3.63) is 15.8 Å². The number of hydrogen-bond donors (Lipinski definition) is 2. The summed E-state index contributed by atoms with van der Waals surface area (Å²) in [4.78, 5) is 13.1. The minimum atomic E-state index is -3.78. The molecule has 1 aliphatic heterocycles. The van der Waals surface area contributed by atoms with Crippen LogP contribution in [0.1, 0.15) is 34.3 Å². The highest BCUT2D eigenvalue weighted by molar-refractivity contribution is 7.89. The summed E-state index contributed by atoms with van der Waals surface area (Å²) in [7, 11) is -3.78. The molecule has 1 unspecified atom stereocenters. The van der Waals surface area contributed by atoms with Gasteiger partial charge in [-0.25, -0.2) is 13.6 Å². The topological polar surface area (TPSA) is 98.5 Å². The summed E-state index contributed by atoms with van der Waals surface area (Å²) in [5.74, 6) is 0.137. The Balaban J connectivity index is 2.06. The summed E-state index contributed by atoms with van der Waals surface area (Å²) in [6.45, 7) is 5.05. The van der Waals surface area contributed by atoms with Crippen LogP contribution in [0.3, 0.4) is 0 Å². The molecule has 0 aromatic carbocycles. The van der Waals surface area contributed by atoms with Crippen molar-refractivity contribution in [3.8, 4) is 0 Å². The van der Waals surface area contributed by atoms with Crippen LogP contribution in [0, 0.1) is 12.8 Å². The smallest absolute Gasteiger partial charge is 0.261 e. The van der Waals surface area contributed by atoms with E-state index in [-0.39, 0.29) is 16.8 Å². The Morgan fingerprint density at radius 3 is 2.62 bits per heavy atom. The van der Waals surface area contributed by atoms with Crippen LogP contribution in [-0.4, -0.2) is 33.6 Å². The zero-order chi connectivity index (χ0) is 15.6. The molecule has 8 heteroatoms. The van der Waals surface area contributed by atoms with Crippen molar-refractivity contribution in [2.75, 3.05) is 13.2 Å². The summed E-state index contributed by atoms with van der Waals surface area (Å²) < 4.78 is 28.1. The molecule has 0 saturated carbocycles. The molecule has 0 bridgehead atoms. The fourth-order valence-electron chi connectivity index (χ4n) is 2.47. The molecule has 21 heavy (non-hydrogen) atoms. The lowest BCUT2D eigenvalue weighted by Gasteiger charge is -2.28. The van der Waals surface area contributed by atoms with E-state index in [9.17, 15) is 13.2 Å². The lowest BCUT2D eigenvalue weighted by Crippen LogP contribution is -2.40. The van der Waals surface area contributed by atoms with Gasteiger partial charge in [-0.1, -0.05) is 0 Å². The molecule has 2 rings (SSSR count). The van der Waals surface area contributed by atoms with Gasteiger partial charge < -0.3 is 10.1 Å². The second-order valence-electron chi connectivity index (χ2n) is 5.29. The third-order valence-corrected chi connectivity index (χ3v) is 5.95. The van der Waals surface area contributed by atoms with E-state index in [2.05, 4.69) is 5.32 Å². The van der Waals surface area contributed by atoms with Crippen LogP contribution in [0.15, 0.2) is 11.0 Å². The Bertz CT molecular complexity index is 618. The van der Waals surface area contributed by atoms with Gasteiger partial charge in [0.15, 0.2) is 0 Å². The maximum Gasteiger partial charge on any atom is 0.261 e. The van der Waals surface area contributed by atoms with Crippen LogP contribution in [0.25, 0.3) is 0 Å². The zero-order valence-electron chi connectivity index (χ0n) is 12.1. The van der Waals surface area contributed by atoms with Crippen LogP contribution < -0.4 is 10.5 Å². The van der Waals surface area contributed by atoms with Gasteiger partial charge in [-0.05, 0) is 38.7 Å². The molecule has 1 atom stereocenters. The summed E-state index contributed by atoms with van der Waals surface area (Å²) in [6.07, 6.45) is 1.85. The number of rotatable bonds is 4. The molecule has 6 nitrogen and oxygen atoms in total. The standard InChI is InChI=1S/C13H20N2O4S2/c1-8(10-3-5-19-6-4-10)15-13(16)11-7-12(9(2)20-11)21(14,17)18/h7-8,10H,3-6H2,1-2H3,(H,15,16)(H2,14,17,18). The maximum absolute atomic E-state index is 12.2. The van der Waals surface area contributed by atoms with Crippen molar-refractivity contribution in [3.63, 3.8) is 0 Å². The van der Waals surface area contributed by atoms with E-state index < -0.39 is 10.0 Å². The molecule has 2 heterocycles. The highest BCUT2D eigenvalue weighted by Gasteiger charge is 2.24. The number of carbonyl (C=O) groups excluding carboxylic acids is 1. The number of ether oxygens (including phenoxy) is 1. The Labute approximate surface area is 128 Å². The number of aryl methyl sites for hydroxylation is 1. The van der Waals surface area contributed by atoms with Crippen molar-refractivity contribution in [2.24, 2.45) is 11.1 Å². The number of primary sulfonamides is 1. The van der Waals surface area contributed by atoms with E-state index in [0.29, 0.717) is 15.7 Å². The number of thiophene rings is 1. The van der Waals surface area contributed by atoms with Crippen molar-refractivity contribution in [1.82, 2.24) is 5.32 Å². The quantitative estimate of drug-likeness (QED) is 0.867. The molecule has 0 spiro atoms. The van der Waals surface area contributed by atoms with Gasteiger partial charge in [0, 0.05) is 24.1 Å². The largest absolute Gasteiger partial charge is 0.381 e. The number of carbonyl (C=O) groups is 1. The molecule has 118 valence electrons. The fourth-order valence-corrected chi connectivity index (χ4v) is 4.52. The molecule has 1 amide bonds. The van der Waals surface area contributed by atoms with Crippen LogP contribution >= 0.6 is 11.3 Å². The lowest BCUT2D eigenvalue weighted by atomic mass is 9.93. The van der Waals surface area contributed by atoms with Gasteiger partial charge in [0.05, 0.1) is 9.77 Å². The molecular weight excluding hydrogens is 312 g/mol. The van der Waals surface area contributed by atoms with Crippen molar-refractivity contribution in [1.29, 1.82) is 0 Å². The molecular formula is C13H20N2O4S2. The fraction of sp³-hybridized carbons (Fsp3) is 0.615. The van der Waals surface area contributed by atoms with Gasteiger partial charge in [-0.15, -0.1) is 11.3 Å². The van der Waals surface area contributed by atoms with E-state index in [1.807, 2.05) is 6.92 Å². The van der Waals surface area contributed by atoms with E-state index in [1.54, 1.807) is 6.92 Å². The second kappa shape index (κ2) is 6.43. The molecule has 0 aliphatic carbocycles. The van der Waals surface area contributed by atoms with E-state index >= 15 is 0 Å². The number of hydrogen-bond acceptors (Lipinski definition) is 5. The highest BCUT2D eigenvalue weighted by atomic mass is 32.2. The molecule has 1 aliphatic rings. The third kappa shape index (κ3) is 4.03. The molecule has 1 aromatic rings. The minimum absolute atomic E-state index is 0.0244. The maximum atomic E-state index is 12.2. The van der Waals surface area contributed by atoms with E-state index in [4.69, 9.17) is 9.88 Å². The average Bonchev–Trinajstić information content (AvgIpc) is 2.82. The Morgan fingerprint density at radius 1 is 1.48 bits per heavy atom.